The summed E-state index contributed by atoms with van der Waals surface area (Å²) >= 11 is 0. The lowest BCUT2D eigenvalue weighted by atomic mass is 10.1. The SMILES string of the molecule is CCOc1ccc(C(C)NC(=O)C2=CN3CCS(=O)(=O)N=C3C=C2)cc1OCC. The van der Waals surface area contributed by atoms with Gasteiger partial charge in [0.1, 0.15) is 5.84 Å². The molecule has 0 fully saturated rings. The largest absolute Gasteiger partial charge is 0.490 e. The maximum atomic E-state index is 12.7. The van der Waals surface area contributed by atoms with E-state index in [1.807, 2.05) is 39.0 Å². The first-order valence-corrected chi connectivity index (χ1v) is 11.1. The van der Waals surface area contributed by atoms with E-state index in [1.165, 1.54) is 0 Å². The predicted molar refractivity (Wildman–Crippen MR) is 110 cm³/mol. The lowest BCUT2D eigenvalue weighted by Crippen LogP contribution is -2.38. The summed E-state index contributed by atoms with van der Waals surface area (Å²) in [5.74, 6) is 1.31. The number of sulfonamides is 1. The highest BCUT2D eigenvalue weighted by Gasteiger charge is 2.25. The monoisotopic (exact) mass is 419 g/mol. The van der Waals surface area contributed by atoms with Crippen molar-refractivity contribution in [2.75, 3.05) is 25.5 Å². The topological polar surface area (TPSA) is 97.3 Å². The fourth-order valence-corrected chi connectivity index (χ4v) is 4.01. The molecule has 156 valence electrons. The van der Waals surface area contributed by atoms with E-state index in [4.69, 9.17) is 9.47 Å². The number of carbonyl (C=O) groups is 1. The van der Waals surface area contributed by atoms with Crippen LogP contribution in [0.15, 0.2) is 46.5 Å². The van der Waals surface area contributed by atoms with Gasteiger partial charge in [0.2, 0.25) is 0 Å². The van der Waals surface area contributed by atoms with E-state index in [0.29, 0.717) is 36.1 Å². The maximum absolute atomic E-state index is 12.7. The van der Waals surface area contributed by atoms with Gasteiger partial charge in [0.25, 0.3) is 15.9 Å². The summed E-state index contributed by atoms with van der Waals surface area (Å²) in [4.78, 5) is 14.4. The molecule has 1 unspecified atom stereocenters. The van der Waals surface area contributed by atoms with E-state index >= 15 is 0 Å². The third-order valence-corrected chi connectivity index (χ3v) is 5.66. The van der Waals surface area contributed by atoms with Crippen molar-refractivity contribution in [1.82, 2.24) is 10.2 Å². The molecule has 0 saturated carbocycles. The number of nitrogens with one attached hydrogen (secondary N) is 1. The molecule has 29 heavy (non-hydrogen) atoms. The van der Waals surface area contributed by atoms with Gasteiger partial charge in [-0.3, -0.25) is 4.79 Å². The van der Waals surface area contributed by atoms with Gasteiger partial charge in [-0.25, -0.2) is 8.42 Å². The molecule has 0 aliphatic carbocycles. The number of nitrogens with zero attached hydrogens (tertiary/aromatic N) is 2. The number of benzene rings is 1. The molecule has 0 radical (unpaired) electrons. The molecule has 1 aromatic rings. The summed E-state index contributed by atoms with van der Waals surface area (Å²) in [6.45, 7) is 7.02. The van der Waals surface area contributed by atoms with E-state index in [9.17, 15) is 13.2 Å². The Hall–Kier alpha value is -2.81. The summed E-state index contributed by atoms with van der Waals surface area (Å²) in [7, 11) is -3.42. The molecule has 0 saturated heterocycles. The molecular weight excluding hydrogens is 394 g/mol. The molecule has 9 heteroatoms. The van der Waals surface area contributed by atoms with Crippen molar-refractivity contribution < 1.29 is 22.7 Å². The highest BCUT2D eigenvalue weighted by molar-refractivity contribution is 7.90. The molecule has 2 heterocycles. The molecule has 1 aromatic carbocycles. The zero-order valence-electron chi connectivity index (χ0n) is 16.7. The molecule has 3 rings (SSSR count). The van der Waals surface area contributed by atoms with Crippen LogP contribution in [0, 0.1) is 0 Å². The Balaban J connectivity index is 1.72. The van der Waals surface area contributed by atoms with Crippen LogP contribution in [0.3, 0.4) is 0 Å². The molecule has 1 amide bonds. The van der Waals surface area contributed by atoms with E-state index in [-0.39, 0.29) is 24.2 Å². The van der Waals surface area contributed by atoms with Gasteiger partial charge in [-0.2, -0.15) is 0 Å². The van der Waals surface area contributed by atoms with Gasteiger partial charge < -0.3 is 19.7 Å². The van der Waals surface area contributed by atoms with Gasteiger partial charge in [-0.05, 0) is 50.6 Å². The number of amidine groups is 1. The number of fused-ring (bicyclic) bond motifs is 1. The standard InChI is InChI=1S/C20H25N3O5S/c1-4-27-17-8-6-15(12-18(17)28-5-2)14(3)21-20(24)16-7-9-19-22-29(25,26)11-10-23(19)13-16/h6-9,12-14H,4-5,10-11H2,1-3H3,(H,21,24). The average Bonchev–Trinajstić information content (AvgIpc) is 2.68. The quantitative estimate of drug-likeness (QED) is 0.727. The first-order valence-electron chi connectivity index (χ1n) is 9.52. The van der Waals surface area contributed by atoms with Crippen molar-refractivity contribution in [3.63, 3.8) is 0 Å². The Bertz CT molecular complexity index is 982. The van der Waals surface area contributed by atoms with E-state index in [2.05, 4.69) is 9.71 Å². The Morgan fingerprint density at radius 1 is 1.21 bits per heavy atom. The Morgan fingerprint density at radius 2 is 1.93 bits per heavy atom. The molecule has 0 bridgehead atoms. The van der Waals surface area contributed by atoms with Crippen LogP contribution >= 0.6 is 0 Å². The Kier molecular flexibility index (Phi) is 6.26. The highest BCUT2D eigenvalue weighted by Crippen LogP contribution is 2.31. The number of carbonyl (C=O) groups excluding carboxylic acids is 1. The molecule has 1 atom stereocenters. The zero-order valence-corrected chi connectivity index (χ0v) is 17.5. The van der Waals surface area contributed by atoms with Crippen molar-refractivity contribution in [2.45, 2.75) is 26.8 Å². The van der Waals surface area contributed by atoms with Crippen molar-refractivity contribution in [2.24, 2.45) is 4.40 Å². The zero-order chi connectivity index (χ0) is 21.0. The first-order chi connectivity index (χ1) is 13.8. The minimum atomic E-state index is -3.42. The number of hydrogen-bond donors (Lipinski definition) is 1. The van der Waals surface area contributed by atoms with Gasteiger partial charge in [0.05, 0.1) is 30.6 Å². The highest BCUT2D eigenvalue weighted by atomic mass is 32.2. The number of ether oxygens (including phenoxy) is 2. The Labute approximate surface area is 171 Å². The van der Waals surface area contributed by atoms with Crippen LogP contribution in [0.4, 0.5) is 0 Å². The van der Waals surface area contributed by atoms with Gasteiger partial charge in [-0.1, -0.05) is 6.07 Å². The third kappa shape index (κ3) is 4.97. The molecule has 0 aromatic heterocycles. The van der Waals surface area contributed by atoms with Crippen LogP contribution in [-0.2, 0) is 14.8 Å². The minimum Gasteiger partial charge on any atom is -0.490 e. The first kappa shape index (κ1) is 20.9. The van der Waals surface area contributed by atoms with Crippen LogP contribution < -0.4 is 14.8 Å². The summed E-state index contributed by atoms with van der Waals surface area (Å²) in [5, 5.41) is 2.96. The summed E-state index contributed by atoms with van der Waals surface area (Å²) in [6, 6.07) is 5.33. The van der Waals surface area contributed by atoms with E-state index < -0.39 is 10.0 Å². The second-order valence-corrected chi connectivity index (χ2v) is 8.37. The molecule has 2 aliphatic heterocycles. The fraction of sp³-hybridized carbons (Fsp3) is 0.400. The maximum Gasteiger partial charge on any atom is 0.256 e. The van der Waals surface area contributed by atoms with Gasteiger partial charge >= 0.3 is 0 Å². The lowest BCUT2D eigenvalue weighted by Gasteiger charge is -2.27. The van der Waals surface area contributed by atoms with Gasteiger partial charge in [0, 0.05) is 12.7 Å². The summed E-state index contributed by atoms with van der Waals surface area (Å²) in [5.41, 5.74) is 1.32. The van der Waals surface area contributed by atoms with Crippen LogP contribution in [0.2, 0.25) is 0 Å². The molecule has 8 nitrogen and oxygen atoms in total. The average molecular weight is 420 g/mol. The van der Waals surface area contributed by atoms with Crippen molar-refractivity contribution in [3.05, 3.63) is 47.7 Å². The summed E-state index contributed by atoms with van der Waals surface area (Å²) in [6.07, 6.45) is 4.74. The molecule has 1 N–H and O–H groups in total. The predicted octanol–water partition coefficient (Wildman–Crippen LogP) is 2.16. The van der Waals surface area contributed by atoms with Crippen molar-refractivity contribution in [1.29, 1.82) is 0 Å². The molecular formula is C20H25N3O5S. The minimum absolute atomic E-state index is 0.0709. The van der Waals surface area contributed by atoms with Crippen molar-refractivity contribution in [3.8, 4) is 11.5 Å². The van der Waals surface area contributed by atoms with Crippen LogP contribution in [0.5, 0.6) is 11.5 Å². The smallest absolute Gasteiger partial charge is 0.256 e. The third-order valence-electron chi connectivity index (χ3n) is 4.50. The second kappa shape index (κ2) is 8.69. The number of hydrogen-bond acceptors (Lipinski definition) is 6. The summed E-state index contributed by atoms with van der Waals surface area (Å²) < 4.78 is 38.1. The normalized spacial score (nSPS) is 18.2. The van der Waals surface area contributed by atoms with E-state index in [1.54, 1.807) is 23.3 Å². The second-order valence-electron chi connectivity index (χ2n) is 6.61. The fourth-order valence-electron chi connectivity index (χ4n) is 3.04. The van der Waals surface area contributed by atoms with Crippen LogP contribution in [0.1, 0.15) is 32.4 Å². The number of amides is 1. The van der Waals surface area contributed by atoms with E-state index in [0.717, 1.165) is 5.56 Å². The Morgan fingerprint density at radius 3 is 2.66 bits per heavy atom. The number of rotatable bonds is 7. The molecule has 0 spiro atoms. The lowest BCUT2D eigenvalue weighted by molar-refractivity contribution is -0.117. The van der Waals surface area contributed by atoms with Crippen molar-refractivity contribution >= 4 is 21.8 Å². The van der Waals surface area contributed by atoms with Crippen LogP contribution in [0.25, 0.3) is 0 Å². The van der Waals surface area contributed by atoms with Gasteiger partial charge in [-0.15, -0.1) is 4.40 Å². The van der Waals surface area contributed by atoms with Gasteiger partial charge in [0.15, 0.2) is 11.5 Å². The molecule has 2 aliphatic rings. The van der Waals surface area contributed by atoms with Crippen LogP contribution in [-0.4, -0.2) is 50.6 Å².